The molecule has 2 rings (SSSR count). The second-order valence-electron chi connectivity index (χ2n) is 5.43. The largest absolute Gasteiger partial charge is 0.384 e. The first kappa shape index (κ1) is 17.0. The SMILES string of the molecule is CCN(CC)C(=O)c1ccc(NCCCc2ccccc2)cn1. The van der Waals surface area contributed by atoms with Crippen LogP contribution in [0.3, 0.4) is 0 Å². The Hall–Kier alpha value is -2.36. The van der Waals surface area contributed by atoms with Crippen LogP contribution in [0.15, 0.2) is 48.7 Å². The number of hydrogen-bond acceptors (Lipinski definition) is 3. The van der Waals surface area contributed by atoms with E-state index in [1.54, 1.807) is 17.2 Å². The number of anilines is 1. The maximum Gasteiger partial charge on any atom is 0.272 e. The average Bonchev–Trinajstić information content (AvgIpc) is 2.61. The van der Waals surface area contributed by atoms with E-state index in [1.807, 2.05) is 26.0 Å². The lowest BCUT2D eigenvalue weighted by Crippen LogP contribution is -2.31. The molecule has 23 heavy (non-hydrogen) atoms. The van der Waals surface area contributed by atoms with Crippen molar-refractivity contribution in [3.05, 3.63) is 59.9 Å². The van der Waals surface area contributed by atoms with Gasteiger partial charge in [-0.25, -0.2) is 4.98 Å². The third-order valence-corrected chi connectivity index (χ3v) is 3.85. The number of benzene rings is 1. The quantitative estimate of drug-likeness (QED) is 0.758. The number of carbonyl (C=O) groups excluding carboxylic acids is 1. The summed E-state index contributed by atoms with van der Waals surface area (Å²) in [6, 6.07) is 14.2. The minimum Gasteiger partial charge on any atom is -0.384 e. The Balaban J connectivity index is 1.80. The first-order chi connectivity index (χ1) is 11.2. The van der Waals surface area contributed by atoms with Gasteiger partial charge in [0.15, 0.2) is 0 Å². The van der Waals surface area contributed by atoms with E-state index in [1.165, 1.54) is 5.56 Å². The van der Waals surface area contributed by atoms with Gasteiger partial charge >= 0.3 is 0 Å². The van der Waals surface area contributed by atoms with Crippen molar-refractivity contribution in [2.24, 2.45) is 0 Å². The monoisotopic (exact) mass is 311 g/mol. The summed E-state index contributed by atoms with van der Waals surface area (Å²) in [6.07, 6.45) is 3.85. The second-order valence-corrected chi connectivity index (χ2v) is 5.43. The van der Waals surface area contributed by atoms with Crippen molar-refractivity contribution in [2.75, 3.05) is 25.0 Å². The Morgan fingerprint density at radius 1 is 1.09 bits per heavy atom. The third kappa shape index (κ3) is 5.09. The molecule has 1 aromatic heterocycles. The van der Waals surface area contributed by atoms with Crippen LogP contribution in [0.2, 0.25) is 0 Å². The molecule has 0 unspecified atom stereocenters. The van der Waals surface area contributed by atoms with Gasteiger partial charge in [0.2, 0.25) is 0 Å². The number of aromatic nitrogens is 1. The van der Waals surface area contributed by atoms with Crippen molar-refractivity contribution in [2.45, 2.75) is 26.7 Å². The molecule has 0 aliphatic rings. The van der Waals surface area contributed by atoms with Crippen molar-refractivity contribution < 1.29 is 4.79 Å². The summed E-state index contributed by atoms with van der Waals surface area (Å²) in [7, 11) is 0. The van der Waals surface area contributed by atoms with E-state index in [2.05, 4.69) is 34.6 Å². The zero-order chi connectivity index (χ0) is 16.5. The first-order valence-electron chi connectivity index (χ1n) is 8.27. The predicted molar refractivity (Wildman–Crippen MR) is 94.7 cm³/mol. The van der Waals surface area contributed by atoms with Crippen LogP contribution in [-0.4, -0.2) is 35.4 Å². The van der Waals surface area contributed by atoms with Crippen LogP contribution in [0.25, 0.3) is 0 Å². The fourth-order valence-corrected chi connectivity index (χ4v) is 2.47. The summed E-state index contributed by atoms with van der Waals surface area (Å²) in [5.41, 5.74) is 2.81. The molecule has 2 aromatic rings. The average molecular weight is 311 g/mol. The number of carbonyl (C=O) groups is 1. The molecular weight excluding hydrogens is 286 g/mol. The van der Waals surface area contributed by atoms with Crippen LogP contribution < -0.4 is 5.32 Å². The van der Waals surface area contributed by atoms with Crippen LogP contribution in [0.4, 0.5) is 5.69 Å². The van der Waals surface area contributed by atoms with Gasteiger partial charge in [0, 0.05) is 19.6 Å². The predicted octanol–water partition coefficient (Wildman–Crippen LogP) is 3.61. The van der Waals surface area contributed by atoms with E-state index < -0.39 is 0 Å². The summed E-state index contributed by atoms with van der Waals surface area (Å²) in [6.45, 7) is 6.25. The number of nitrogens with zero attached hydrogens (tertiary/aromatic N) is 2. The van der Waals surface area contributed by atoms with Gasteiger partial charge in [-0.1, -0.05) is 30.3 Å². The Morgan fingerprint density at radius 2 is 1.83 bits per heavy atom. The summed E-state index contributed by atoms with van der Waals surface area (Å²) < 4.78 is 0. The van der Waals surface area contributed by atoms with Crippen LogP contribution >= 0.6 is 0 Å². The number of hydrogen-bond donors (Lipinski definition) is 1. The molecule has 1 amide bonds. The normalized spacial score (nSPS) is 10.3. The van der Waals surface area contributed by atoms with Crippen molar-refractivity contribution in [1.29, 1.82) is 0 Å². The number of pyridine rings is 1. The molecule has 1 heterocycles. The molecule has 4 heteroatoms. The van der Waals surface area contributed by atoms with Crippen LogP contribution in [0.1, 0.15) is 36.3 Å². The number of amides is 1. The second kappa shape index (κ2) is 8.93. The van der Waals surface area contributed by atoms with Crippen molar-refractivity contribution >= 4 is 11.6 Å². The van der Waals surface area contributed by atoms with Gasteiger partial charge in [0.05, 0.1) is 11.9 Å². The molecule has 0 atom stereocenters. The van der Waals surface area contributed by atoms with Gasteiger partial charge in [0.25, 0.3) is 5.91 Å². The van der Waals surface area contributed by atoms with E-state index in [0.29, 0.717) is 18.8 Å². The summed E-state index contributed by atoms with van der Waals surface area (Å²) in [5, 5.41) is 3.35. The summed E-state index contributed by atoms with van der Waals surface area (Å²) in [4.78, 5) is 18.2. The van der Waals surface area contributed by atoms with Gasteiger partial charge in [-0.3, -0.25) is 4.79 Å². The van der Waals surface area contributed by atoms with Gasteiger partial charge in [-0.2, -0.15) is 0 Å². The van der Waals surface area contributed by atoms with E-state index >= 15 is 0 Å². The lowest BCUT2D eigenvalue weighted by molar-refractivity contribution is 0.0767. The fraction of sp³-hybridized carbons (Fsp3) is 0.368. The number of nitrogens with one attached hydrogen (secondary N) is 1. The molecule has 0 fully saturated rings. The standard InChI is InChI=1S/C19H25N3O/c1-3-22(4-2)19(23)18-13-12-17(15-21-18)20-14-8-11-16-9-6-5-7-10-16/h5-7,9-10,12-13,15,20H,3-4,8,11,14H2,1-2H3. The van der Waals surface area contributed by atoms with Crippen molar-refractivity contribution in [1.82, 2.24) is 9.88 Å². The Labute approximate surface area is 138 Å². The van der Waals surface area contributed by atoms with E-state index in [4.69, 9.17) is 0 Å². The molecule has 0 saturated carbocycles. The lowest BCUT2D eigenvalue weighted by atomic mass is 10.1. The van der Waals surface area contributed by atoms with Gasteiger partial charge in [-0.05, 0) is 44.4 Å². The maximum absolute atomic E-state index is 12.2. The van der Waals surface area contributed by atoms with Crippen LogP contribution in [0.5, 0.6) is 0 Å². The Morgan fingerprint density at radius 3 is 2.43 bits per heavy atom. The highest BCUT2D eigenvalue weighted by Crippen LogP contribution is 2.09. The number of aryl methyl sites for hydroxylation is 1. The fourth-order valence-electron chi connectivity index (χ4n) is 2.47. The maximum atomic E-state index is 12.2. The molecule has 1 N–H and O–H groups in total. The highest BCUT2D eigenvalue weighted by atomic mass is 16.2. The molecule has 0 radical (unpaired) electrons. The highest BCUT2D eigenvalue weighted by molar-refractivity contribution is 5.92. The number of rotatable bonds is 8. The minimum absolute atomic E-state index is 0.00868. The van der Waals surface area contributed by atoms with Crippen molar-refractivity contribution in [3.63, 3.8) is 0 Å². The molecule has 0 bridgehead atoms. The zero-order valence-corrected chi connectivity index (χ0v) is 14.0. The third-order valence-electron chi connectivity index (χ3n) is 3.85. The Bertz CT molecular complexity index is 592. The lowest BCUT2D eigenvalue weighted by Gasteiger charge is -2.18. The van der Waals surface area contributed by atoms with E-state index in [0.717, 1.165) is 25.1 Å². The molecule has 0 spiro atoms. The molecular formula is C19H25N3O. The molecule has 0 saturated heterocycles. The topological polar surface area (TPSA) is 45.2 Å². The molecule has 0 aliphatic heterocycles. The summed E-state index contributed by atoms with van der Waals surface area (Å²) >= 11 is 0. The van der Waals surface area contributed by atoms with Gasteiger partial charge in [-0.15, -0.1) is 0 Å². The first-order valence-corrected chi connectivity index (χ1v) is 8.27. The van der Waals surface area contributed by atoms with Gasteiger partial charge in [0.1, 0.15) is 5.69 Å². The zero-order valence-electron chi connectivity index (χ0n) is 14.0. The smallest absolute Gasteiger partial charge is 0.272 e. The molecule has 122 valence electrons. The van der Waals surface area contributed by atoms with E-state index in [-0.39, 0.29) is 5.91 Å². The minimum atomic E-state index is -0.00868. The van der Waals surface area contributed by atoms with E-state index in [9.17, 15) is 4.79 Å². The molecule has 0 aliphatic carbocycles. The Kier molecular flexibility index (Phi) is 6.60. The summed E-state index contributed by atoms with van der Waals surface area (Å²) in [5.74, 6) is -0.00868. The van der Waals surface area contributed by atoms with Gasteiger partial charge < -0.3 is 10.2 Å². The van der Waals surface area contributed by atoms with Crippen molar-refractivity contribution in [3.8, 4) is 0 Å². The highest BCUT2D eigenvalue weighted by Gasteiger charge is 2.13. The van der Waals surface area contributed by atoms with Crippen LogP contribution in [0, 0.1) is 0 Å². The molecule has 4 nitrogen and oxygen atoms in total. The van der Waals surface area contributed by atoms with Crippen LogP contribution in [-0.2, 0) is 6.42 Å². The molecule has 1 aromatic carbocycles.